The molecule has 0 radical (unpaired) electrons. The number of aliphatic hydroxyl groups is 1. The predicted octanol–water partition coefficient (Wildman–Crippen LogP) is 4.18. The Morgan fingerprint density at radius 1 is 1.23 bits per heavy atom. The monoisotopic (exact) mass is 398 g/mol. The summed E-state index contributed by atoms with van der Waals surface area (Å²) in [4.78, 5) is 12.4. The molecule has 5 nitrogen and oxygen atoms in total. The first kappa shape index (κ1) is 20.6. The molecule has 1 aromatic heterocycles. The number of benzene rings is 1. The number of hydrogen-bond donors (Lipinski definition) is 2. The maximum atomic E-state index is 12.4. The number of unbranched alkanes of at least 4 members (excludes halogenated alkanes) is 2. The van der Waals surface area contributed by atoms with Gasteiger partial charge in [-0.25, -0.2) is 0 Å². The molecule has 2 rings (SSSR count). The second kappa shape index (κ2) is 10.5. The van der Waals surface area contributed by atoms with Gasteiger partial charge in [0.2, 0.25) is 0 Å². The first-order chi connectivity index (χ1) is 12.6. The zero-order valence-electron chi connectivity index (χ0n) is 14.8. The van der Waals surface area contributed by atoms with Gasteiger partial charge in [0.15, 0.2) is 0 Å². The maximum absolute atomic E-state index is 12.4. The second-order valence-corrected chi connectivity index (χ2v) is 6.71. The van der Waals surface area contributed by atoms with Crippen LogP contribution in [0.15, 0.2) is 35.3 Å². The van der Waals surface area contributed by atoms with Crippen LogP contribution in [-0.4, -0.2) is 29.4 Å². The maximum Gasteiger partial charge on any atom is 0.254 e. The van der Waals surface area contributed by atoms with Gasteiger partial charge in [-0.05, 0) is 24.6 Å². The third-order valence-corrected chi connectivity index (χ3v) is 4.71. The first-order valence-corrected chi connectivity index (χ1v) is 9.47. The van der Waals surface area contributed by atoms with Gasteiger partial charge in [-0.2, -0.15) is 0 Å². The molecule has 0 aliphatic rings. The van der Waals surface area contributed by atoms with Gasteiger partial charge in [0, 0.05) is 29.4 Å². The van der Waals surface area contributed by atoms with Crippen LogP contribution in [0.2, 0.25) is 10.0 Å². The number of anilines is 1. The lowest BCUT2D eigenvalue weighted by Gasteiger charge is -2.14. The smallest absolute Gasteiger partial charge is 0.254 e. The van der Waals surface area contributed by atoms with Crippen molar-refractivity contribution in [2.75, 3.05) is 25.1 Å². The van der Waals surface area contributed by atoms with Crippen molar-refractivity contribution < 1.29 is 9.84 Å². The molecule has 1 heterocycles. The molecule has 0 unspecified atom stereocenters. The highest BCUT2D eigenvalue weighted by molar-refractivity contribution is 6.37. The van der Waals surface area contributed by atoms with Crippen molar-refractivity contribution in [3.63, 3.8) is 0 Å². The van der Waals surface area contributed by atoms with Crippen LogP contribution in [0, 0.1) is 0 Å². The highest BCUT2D eigenvalue weighted by Gasteiger charge is 2.12. The van der Waals surface area contributed by atoms with E-state index in [9.17, 15) is 4.79 Å². The van der Waals surface area contributed by atoms with Crippen molar-refractivity contribution in [3.8, 4) is 5.75 Å². The summed E-state index contributed by atoms with van der Waals surface area (Å²) >= 11 is 12.7. The lowest BCUT2D eigenvalue weighted by molar-refractivity contribution is 0.305. The minimum Gasteiger partial charge on any atom is -0.493 e. The van der Waals surface area contributed by atoms with Crippen molar-refractivity contribution in [1.29, 1.82) is 0 Å². The third kappa shape index (κ3) is 5.66. The molecule has 142 valence electrons. The van der Waals surface area contributed by atoms with Gasteiger partial charge in [0.1, 0.15) is 5.75 Å². The van der Waals surface area contributed by atoms with E-state index in [4.69, 9.17) is 33.0 Å². The van der Waals surface area contributed by atoms with Gasteiger partial charge in [-0.1, -0.05) is 43.0 Å². The van der Waals surface area contributed by atoms with Gasteiger partial charge in [-0.15, -0.1) is 0 Å². The fourth-order valence-electron chi connectivity index (χ4n) is 2.49. The quantitative estimate of drug-likeness (QED) is 0.589. The molecule has 0 spiro atoms. The summed E-state index contributed by atoms with van der Waals surface area (Å²) in [6.07, 6.45) is 4.88. The number of rotatable bonds is 10. The van der Waals surface area contributed by atoms with E-state index in [0.29, 0.717) is 40.2 Å². The summed E-state index contributed by atoms with van der Waals surface area (Å²) in [5.41, 5.74) is 1.14. The molecule has 0 amide bonds. The van der Waals surface area contributed by atoms with Crippen molar-refractivity contribution in [1.82, 2.24) is 4.57 Å². The molecule has 0 bridgehead atoms. The molecule has 0 saturated carbocycles. The SMILES string of the molecule is CCCCCOc1ccn(Cc2c(Cl)ccc(NCCO)c2Cl)c(=O)c1. The molecule has 2 aromatic rings. The predicted molar refractivity (Wildman–Crippen MR) is 107 cm³/mol. The minimum absolute atomic E-state index is 0.00648. The van der Waals surface area contributed by atoms with Gasteiger partial charge in [0.25, 0.3) is 5.56 Å². The Kier molecular flexibility index (Phi) is 8.29. The van der Waals surface area contributed by atoms with Crippen LogP contribution in [0.3, 0.4) is 0 Å². The van der Waals surface area contributed by atoms with E-state index in [1.54, 1.807) is 24.4 Å². The molecule has 0 aliphatic heterocycles. The number of pyridine rings is 1. The van der Waals surface area contributed by atoms with Crippen LogP contribution in [0.4, 0.5) is 5.69 Å². The lowest BCUT2D eigenvalue weighted by Crippen LogP contribution is -2.20. The lowest BCUT2D eigenvalue weighted by atomic mass is 10.2. The van der Waals surface area contributed by atoms with E-state index in [1.807, 2.05) is 0 Å². The average molecular weight is 399 g/mol. The molecule has 0 aliphatic carbocycles. The summed E-state index contributed by atoms with van der Waals surface area (Å²) in [5.74, 6) is 0.568. The number of nitrogens with zero attached hydrogens (tertiary/aromatic N) is 1. The van der Waals surface area contributed by atoms with Crippen LogP contribution >= 0.6 is 23.2 Å². The number of nitrogens with one attached hydrogen (secondary N) is 1. The first-order valence-electron chi connectivity index (χ1n) is 8.71. The number of ether oxygens (including phenoxy) is 1. The van der Waals surface area contributed by atoms with Gasteiger partial charge in [-0.3, -0.25) is 4.79 Å². The molecular weight excluding hydrogens is 375 g/mol. The fraction of sp³-hybridized carbons (Fsp3) is 0.421. The Hall–Kier alpha value is -1.69. The second-order valence-electron chi connectivity index (χ2n) is 5.92. The molecule has 26 heavy (non-hydrogen) atoms. The fourth-order valence-corrected chi connectivity index (χ4v) is 3.05. The van der Waals surface area contributed by atoms with Crippen molar-refractivity contribution in [2.45, 2.75) is 32.7 Å². The van der Waals surface area contributed by atoms with Crippen LogP contribution in [0.5, 0.6) is 5.75 Å². The van der Waals surface area contributed by atoms with E-state index >= 15 is 0 Å². The average Bonchev–Trinajstić information content (AvgIpc) is 2.63. The standard InChI is InChI=1S/C19H24Cl2N2O3/c1-2-3-4-11-26-14-7-9-23(18(25)12-14)13-15-16(20)5-6-17(19(15)21)22-8-10-24/h5-7,9,12,22,24H,2-4,8,10-11,13H2,1H3. The van der Waals surface area contributed by atoms with Gasteiger partial charge in [0.05, 0.1) is 30.5 Å². The topological polar surface area (TPSA) is 63.5 Å². The van der Waals surface area contributed by atoms with Crippen molar-refractivity contribution >= 4 is 28.9 Å². The Morgan fingerprint density at radius 2 is 2.04 bits per heavy atom. The molecule has 7 heteroatoms. The van der Waals surface area contributed by atoms with E-state index in [2.05, 4.69) is 12.2 Å². The van der Waals surface area contributed by atoms with Crippen LogP contribution in [0.1, 0.15) is 31.7 Å². The summed E-state index contributed by atoms with van der Waals surface area (Å²) < 4.78 is 7.14. The molecule has 2 N–H and O–H groups in total. The normalized spacial score (nSPS) is 10.8. The summed E-state index contributed by atoms with van der Waals surface area (Å²) in [6, 6.07) is 6.71. The summed E-state index contributed by atoms with van der Waals surface area (Å²) in [5, 5.41) is 12.9. The van der Waals surface area contributed by atoms with E-state index in [-0.39, 0.29) is 18.7 Å². The molecule has 0 saturated heterocycles. The number of hydrogen-bond acceptors (Lipinski definition) is 4. The van der Waals surface area contributed by atoms with Crippen LogP contribution < -0.4 is 15.6 Å². The largest absolute Gasteiger partial charge is 0.493 e. The number of aromatic nitrogens is 1. The zero-order valence-corrected chi connectivity index (χ0v) is 16.3. The van der Waals surface area contributed by atoms with Crippen LogP contribution in [-0.2, 0) is 6.54 Å². The minimum atomic E-state index is -0.182. The van der Waals surface area contributed by atoms with E-state index in [0.717, 1.165) is 19.3 Å². The molecular formula is C19H24Cl2N2O3. The van der Waals surface area contributed by atoms with Crippen LogP contribution in [0.25, 0.3) is 0 Å². The number of aliphatic hydroxyl groups excluding tert-OH is 1. The van der Waals surface area contributed by atoms with Crippen molar-refractivity contribution in [3.05, 3.63) is 56.4 Å². The van der Waals surface area contributed by atoms with E-state index < -0.39 is 0 Å². The molecule has 0 fully saturated rings. The Bertz CT molecular complexity index is 778. The molecule has 0 atom stereocenters. The summed E-state index contributed by atoms with van der Waals surface area (Å²) in [7, 11) is 0. The molecule has 1 aromatic carbocycles. The number of halogens is 2. The van der Waals surface area contributed by atoms with E-state index in [1.165, 1.54) is 10.6 Å². The Labute approximate surface area is 163 Å². The highest BCUT2D eigenvalue weighted by Crippen LogP contribution is 2.32. The summed E-state index contributed by atoms with van der Waals surface area (Å²) in [6.45, 7) is 3.36. The van der Waals surface area contributed by atoms with Gasteiger partial charge < -0.3 is 19.7 Å². The van der Waals surface area contributed by atoms with Gasteiger partial charge >= 0.3 is 0 Å². The Morgan fingerprint density at radius 3 is 2.73 bits per heavy atom. The highest BCUT2D eigenvalue weighted by atomic mass is 35.5. The zero-order chi connectivity index (χ0) is 18.9. The third-order valence-electron chi connectivity index (χ3n) is 3.93. The Balaban J connectivity index is 2.14. The van der Waals surface area contributed by atoms with Crippen molar-refractivity contribution in [2.24, 2.45) is 0 Å².